The van der Waals surface area contributed by atoms with Gasteiger partial charge in [-0.1, -0.05) is 44.1 Å². The van der Waals surface area contributed by atoms with Crippen LogP contribution in [-0.4, -0.2) is 10.2 Å². The van der Waals surface area contributed by atoms with Crippen molar-refractivity contribution in [2.45, 2.75) is 44.1 Å². The average molecular weight is 128 g/mol. The molecule has 48 valence electrons. The van der Waals surface area contributed by atoms with Crippen LogP contribution in [0.3, 0.4) is 0 Å². The van der Waals surface area contributed by atoms with Gasteiger partial charge in [0.2, 0.25) is 0 Å². The summed E-state index contributed by atoms with van der Waals surface area (Å²) in [5, 5.41) is 0. The van der Waals surface area contributed by atoms with Crippen molar-refractivity contribution < 1.29 is 0 Å². The Bertz CT molecular complexity index is 53.4. The van der Waals surface area contributed by atoms with E-state index in [9.17, 15) is 0 Å². The first-order valence-electron chi connectivity index (χ1n) is 3.89. The van der Waals surface area contributed by atoms with Crippen LogP contribution in [0, 0.1) is 0 Å². The molecule has 0 aromatic heterocycles. The molecule has 0 atom stereocenters. The third-order valence-corrected chi connectivity index (χ3v) is 3.30. The molecule has 0 aromatic carbocycles. The Balaban J connectivity index is 2.17. The minimum absolute atomic E-state index is 1.16. The second-order valence-electron chi connectivity index (χ2n) is 3.10. The zero-order chi connectivity index (χ0) is 5.82. The molecule has 1 aliphatic rings. The van der Waals surface area contributed by atoms with E-state index in [4.69, 9.17) is 0 Å². The summed E-state index contributed by atoms with van der Waals surface area (Å²) in [6, 6.07) is 0. The predicted octanol–water partition coefficient (Wildman–Crippen LogP) is 1.49. The average Bonchev–Trinajstić information content (AvgIpc) is 1.94. The molecule has 1 aliphatic carbocycles. The van der Waals surface area contributed by atoms with Crippen LogP contribution >= 0.6 is 0 Å². The van der Waals surface area contributed by atoms with Crippen molar-refractivity contribution in [3.63, 3.8) is 0 Å². The van der Waals surface area contributed by atoms with Crippen molar-refractivity contribution in [3.05, 3.63) is 0 Å². The Kier molecular flexibility index (Phi) is 2.60. The van der Waals surface area contributed by atoms with Gasteiger partial charge in [0.05, 0.1) is 0 Å². The molecule has 1 heteroatoms. The monoisotopic (exact) mass is 128 g/mol. The molecular formula is C7H16Si. The van der Waals surface area contributed by atoms with Crippen LogP contribution < -0.4 is 0 Å². The Morgan fingerprint density at radius 2 is 1.38 bits per heavy atom. The molecule has 0 aliphatic heterocycles. The van der Waals surface area contributed by atoms with E-state index < -0.39 is 0 Å². The van der Waals surface area contributed by atoms with E-state index in [0.29, 0.717) is 0 Å². The Morgan fingerprint density at radius 1 is 0.875 bits per heavy atom. The normalized spacial score (nSPS) is 25.5. The van der Waals surface area contributed by atoms with Gasteiger partial charge in [-0.2, -0.15) is 0 Å². The van der Waals surface area contributed by atoms with Gasteiger partial charge in [0.1, 0.15) is 0 Å². The maximum absolute atomic E-state index is 1.55. The maximum atomic E-state index is 1.55. The highest BCUT2D eigenvalue weighted by atomic mass is 28.1. The molecule has 0 amide bonds. The van der Waals surface area contributed by atoms with Crippen molar-refractivity contribution in [3.8, 4) is 0 Å². The second-order valence-corrected chi connectivity index (χ2v) is 4.73. The van der Waals surface area contributed by atoms with Crippen molar-refractivity contribution in [2.24, 2.45) is 0 Å². The first kappa shape index (κ1) is 6.34. The van der Waals surface area contributed by atoms with Gasteiger partial charge in [0.15, 0.2) is 0 Å². The van der Waals surface area contributed by atoms with Crippen LogP contribution in [0.25, 0.3) is 0 Å². The lowest BCUT2D eigenvalue weighted by Gasteiger charge is -2.02. The summed E-state index contributed by atoms with van der Waals surface area (Å²) >= 11 is 0. The molecule has 0 spiro atoms. The molecule has 0 radical (unpaired) electrons. The van der Waals surface area contributed by atoms with E-state index in [1.54, 1.807) is 12.8 Å². The maximum Gasteiger partial charge on any atom is 0.00672 e. The number of hydrogen-bond acceptors (Lipinski definition) is 0. The summed E-state index contributed by atoms with van der Waals surface area (Å²) in [7, 11) is 1.45. The number of hydrogen-bond donors (Lipinski definition) is 0. The largest absolute Gasteiger partial charge is 0.0546 e. The first-order valence-corrected chi connectivity index (χ1v) is 5.05. The molecule has 1 rings (SSSR count). The minimum Gasteiger partial charge on any atom is -0.0546 e. The smallest absolute Gasteiger partial charge is 0.00672 e. The van der Waals surface area contributed by atoms with Crippen molar-refractivity contribution in [1.82, 2.24) is 0 Å². The summed E-state index contributed by atoms with van der Waals surface area (Å²) < 4.78 is 0. The first-order chi connectivity index (χ1) is 3.89. The van der Waals surface area contributed by atoms with Crippen LogP contribution in [0.2, 0.25) is 5.54 Å². The minimum atomic E-state index is 1.16. The van der Waals surface area contributed by atoms with Gasteiger partial charge in [-0.3, -0.25) is 0 Å². The summed E-state index contributed by atoms with van der Waals surface area (Å²) in [6.45, 7) is 0. The van der Waals surface area contributed by atoms with Crippen LogP contribution in [-0.2, 0) is 0 Å². The van der Waals surface area contributed by atoms with Crippen molar-refractivity contribution >= 4 is 10.2 Å². The molecular weight excluding hydrogens is 112 g/mol. The SMILES string of the molecule is [SiH3]C1CCCCCC1. The van der Waals surface area contributed by atoms with E-state index >= 15 is 0 Å². The van der Waals surface area contributed by atoms with E-state index in [1.165, 1.54) is 35.9 Å². The van der Waals surface area contributed by atoms with Crippen LogP contribution in [0.1, 0.15) is 38.5 Å². The fourth-order valence-corrected chi connectivity index (χ4v) is 2.30. The summed E-state index contributed by atoms with van der Waals surface area (Å²) in [5.74, 6) is 0. The molecule has 0 saturated heterocycles. The quantitative estimate of drug-likeness (QED) is 0.342. The van der Waals surface area contributed by atoms with E-state index in [0.717, 1.165) is 5.54 Å². The van der Waals surface area contributed by atoms with Gasteiger partial charge in [0.25, 0.3) is 0 Å². The molecule has 0 heterocycles. The Morgan fingerprint density at radius 3 is 1.88 bits per heavy atom. The molecule has 8 heavy (non-hydrogen) atoms. The summed E-state index contributed by atoms with van der Waals surface area (Å²) in [5.41, 5.74) is 1.16. The van der Waals surface area contributed by atoms with E-state index in [1.807, 2.05) is 0 Å². The topological polar surface area (TPSA) is 0 Å². The summed E-state index contributed by atoms with van der Waals surface area (Å²) in [4.78, 5) is 0. The van der Waals surface area contributed by atoms with E-state index in [-0.39, 0.29) is 0 Å². The van der Waals surface area contributed by atoms with Crippen molar-refractivity contribution in [2.75, 3.05) is 0 Å². The third kappa shape index (κ3) is 1.99. The highest BCUT2D eigenvalue weighted by Crippen LogP contribution is 2.23. The third-order valence-electron chi connectivity index (χ3n) is 2.14. The molecule has 1 saturated carbocycles. The van der Waals surface area contributed by atoms with Crippen LogP contribution in [0.4, 0.5) is 0 Å². The van der Waals surface area contributed by atoms with Gasteiger partial charge < -0.3 is 0 Å². The van der Waals surface area contributed by atoms with Gasteiger partial charge in [-0.05, 0) is 0 Å². The van der Waals surface area contributed by atoms with Gasteiger partial charge in [-0.15, -0.1) is 0 Å². The molecule has 0 bridgehead atoms. The van der Waals surface area contributed by atoms with Crippen molar-refractivity contribution in [1.29, 1.82) is 0 Å². The Labute approximate surface area is 55.1 Å². The lowest BCUT2D eigenvalue weighted by atomic mass is 10.2. The Hall–Kier alpha value is 0.217. The van der Waals surface area contributed by atoms with Gasteiger partial charge >= 0.3 is 0 Å². The highest BCUT2D eigenvalue weighted by Gasteiger charge is 2.05. The molecule has 1 fully saturated rings. The fourth-order valence-electron chi connectivity index (χ4n) is 1.48. The fraction of sp³-hybridized carbons (Fsp3) is 1.00. The number of rotatable bonds is 0. The summed E-state index contributed by atoms with van der Waals surface area (Å²) in [6.07, 6.45) is 9.16. The lowest BCUT2D eigenvalue weighted by molar-refractivity contribution is 0.700. The molecule has 0 N–H and O–H groups in total. The zero-order valence-corrected chi connectivity index (χ0v) is 7.82. The molecule has 0 unspecified atom stereocenters. The molecule has 0 aromatic rings. The van der Waals surface area contributed by atoms with Crippen LogP contribution in [0.15, 0.2) is 0 Å². The predicted molar refractivity (Wildman–Crippen MR) is 41.4 cm³/mol. The highest BCUT2D eigenvalue weighted by molar-refractivity contribution is 6.11. The lowest BCUT2D eigenvalue weighted by Crippen LogP contribution is -1.87. The van der Waals surface area contributed by atoms with Crippen LogP contribution in [0.5, 0.6) is 0 Å². The van der Waals surface area contributed by atoms with Gasteiger partial charge in [-0.25, -0.2) is 0 Å². The second kappa shape index (κ2) is 3.28. The molecule has 0 nitrogen and oxygen atoms in total. The van der Waals surface area contributed by atoms with E-state index in [2.05, 4.69) is 0 Å². The zero-order valence-electron chi connectivity index (χ0n) is 5.82. The van der Waals surface area contributed by atoms with Gasteiger partial charge in [0, 0.05) is 10.2 Å². The standard InChI is InChI=1S/C7H16Si/c8-7-5-3-1-2-4-6-7/h7H,1-6H2,8H3.